The maximum absolute atomic E-state index is 13.5. The Morgan fingerprint density at radius 1 is 1.00 bits per heavy atom. The summed E-state index contributed by atoms with van der Waals surface area (Å²) in [6.45, 7) is 7.70. The van der Waals surface area contributed by atoms with Crippen LogP contribution < -0.4 is 5.32 Å². The SMILES string of the molecule is Cn1nnc(C(c2ccccc2)N2CCN(C(=O)c3cc(-c4nc5cc(NC(=O)OC(C)(C)C)ccc5o4)ccn3)CC2)n1. The molecule has 6 rings (SSSR count). The number of carbonyl (C=O) groups excluding carboxylic acids is 2. The Bertz CT molecular complexity index is 1790. The van der Waals surface area contributed by atoms with Crippen LogP contribution >= 0.6 is 0 Å². The molecule has 1 saturated heterocycles. The number of tetrazole rings is 1. The zero-order valence-electron chi connectivity index (χ0n) is 25.0. The number of piperazine rings is 1. The number of fused-ring (bicyclic) bond motifs is 1. The van der Waals surface area contributed by atoms with Gasteiger partial charge in [-0.05, 0) is 61.9 Å². The fourth-order valence-electron chi connectivity index (χ4n) is 5.14. The van der Waals surface area contributed by atoms with E-state index in [0.29, 0.717) is 65.9 Å². The van der Waals surface area contributed by atoms with Crippen molar-refractivity contribution in [1.82, 2.24) is 40.0 Å². The van der Waals surface area contributed by atoms with Gasteiger partial charge in [-0.2, -0.15) is 4.80 Å². The molecule has 1 fully saturated rings. The molecule has 0 saturated carbocycles. The summed E-state index contributed by atoms with van der Waals surface area (Å²) in [6, 6.07) is 18.5. The highest BCUT2D eigenvalue weighted by atomic mass is 16.6. The third kappa shape index (κ3) is 6.42. The van der Waals surface area contributed by atoms with E-state index in [4.69, 9.17) is 9.15 Å². The summed E-state index contributed by atoms with van der Waals surface area (Å²) in [5.74, 6) is 0.803. The van der Waals surface area contributed by atoms with E-state index in [1.807, 2.05) is 18.2 Å². The van der Waals surface area contributed by atoms with Gasteiger partial charge in [0, 0.05) is 43.6 Å². The van der Waals surface area contributed by atoms with Gasteiger partial charge >= 0.3 is 6.09 Å². The number of nitrogens with zero attached hydrogens (tertiary/aromatic N) is 8. The lowest BCUT2D eigenvalue weighted by Crippen LogP contribution is -2.50. The summed E-state index contributed by atoms with van der Waals surface area (Å²) >= 11 is 0. The molecule has 1 atom stereocenters. The summed E-state index contributed by atoms with van der Waals surface area (Å²) in [5.41, 5.74) is 3.01. The van der Waals surface area contributed by atoms with Crippen LogP contribution in [-0.2, 0) is 11.8 Å². The second-order valence-electron chi connectivity index (χ2n) is 11.5. The van der Waals surface area contributed by atoms with Gasteiger partial charge in [-0.15, -0.1) is 10.2 Å². The van der Waals surface area contributed by atoms with Gasteiger partial charge in [0.15, 0.2) is 11.4 Å². The van der Waals surface area contributed by atoms with Crippen LogP contribution in [0.15, 0.2) is 71.3 Å². The van der Waals surface area contributed by atoms with Crippen molar-refractivity contribution in [1.29, 1.82) is 0 Å². The number of rotatable bonds is 6. The quantitative estimate of drug-likeness (QED) is 0.301. The van der Waals surface area contributed by atoms with E-state index in [0.717, 1.165) is 5.56 Å². The first-order valence-electron chi connectivity index (χ1n) is 14.3. The van der Waals surface area contributed by atoms with E-state index < -0.39 is 11.7 Å². The first kappa shape index (κ1) is 28.9. The monoisotopic (exact) mass is 595 g/mol. The fourth-order valence-corrected chi connectivity index (χ4v) is 5.14. The van der Waals surface area contributed by atoms with Crippen LogP contribution in [0.4, 0.5) is 10.5 Å². The van der Waals surface area contributed by atoms with E-state index in [9.17, 15) is 9.59 Å². The Labute approximate surface area is 253 Å². The molecular formula is C31H33N9O4. The minimum atomic E-state index is -0.612. The number of aryl methyl sites for hydroxylation is 1. The zero-order chi connectivity index (χ0) is 30.8. The number of ether oxygens (including phenoxy) is 1. The van der Waals surface area contributed by atoms with Crippen LogP contribution in [0.1, 0.15) is 48.7 Å². The lowest BCUT2D eigenvalue weighted by atomic mass is 10.0. The molecular weight excluding hydrogens is 562 g/mol. The molecule has 0 radical (unpaired) electrons. The van der Waals surface area contributed by atoms with Crippen molar-refractivity contribution in [3.8, 4) is 11.5 Å². The molecule has 0 spiro atoms. The first-order chi connectivity index (χ1) is 21.1. The van der Waals surface area contributed by atoms with Gasteiger partial charge in [0.05, 0.1) is 13.1 Å². The highest BCUT2D eigenvalue weighted by Crippen LogP contribution is 2.29. The highest BCUT2D eigenvalue weighted by Gasteiger charge is 2.31. The molecule has 13 heteroatoms. The third-order valence-electron chi connectivity index (χ3n) is 7.11. The van der Waals surface area contributed by atoms with E-state index in [-0.39, 0.29) is 11.9 Å². The van der Waals surface area contributed by atoms with Crippen LogP contribution in [0, 0.1) is 0 Å². The Morgan fingerprint density at radius 2 is 1.77 bits per heavy atom. The number of oxazole rings is 1. The molecule has 44 heavy (non-hydrogen) atoms. The Balaban J connectivity index is 1.15. The van der Waals surface area contributed by atoms with Gasteiger partial charge in [0.2, 0.25) is 5.89 Å². The summed E-state index contributed by atoms with van der Waals surface area (Å²) in [7, 11) is 1.75. The predicted octanol–water partition coefficient (Wildman–Crippen LogP) is 4.31. The lowest BCUT2D eigenvalue weighted by molar-refractivity contribution is 0.0585. The second kappa shape index (κ2) is 11.8. The molecule has 3 aromatic heterocycles. The van der Waals surface area contributed by atoms with Gasteiger partial charge in [-0.1, -0.05) is 30.3 Å². The van der Waals surface area contributed by atoms with Crippen LogP contribution in [0.2, 0.25) is 0 Å². The highest BCUT2D eigenvalue weighted by molar-refractivity contribution is 5.93. The maximum atomic E-state index is 13.5. The number of aromatic nitrogens is 6. The fraction of sp³-hybridized carbons (Fsp3) is 0.323. The standard InChI is InChI=1S/C31H33N9O4/c1-31(2,3)44-30(42)33-22-10-11-25-23(19-22)34-28(43-25)21-12-13-32-24(18-21)29(41)40-16-14-39(15-17-40)26(20-8-6-5-7-9-20)27-35-37-38(4)36-27/h5-13,18-19,26H,14-17H2,1-4H3,(H,33,42). The van der Waals surface area contributed by atoms with Gasteiger partial charge in [0.25, 0.3) is 5.91 Å². The van der Waals surface area contributed by atoms with E-state index in [1.165, 1.54) is 4.80 Å². The van der Waals surface area contributed by atoms with Crippen molar-refractivity contribution in [3.63, 3.8) is 0 Å². The van der Waals surface area contributed by atoms with Crippen molar-refractivity contribution in [2.75, 3.05) is 31.5 Å². The molecule has 2 aromatic carbocycles. The number of benzene rings is 2. The predicted molar refractivity (Wildman–Crippen MR) is 162 cm³/mol. The first-order valence-corrected chi connectivity index (χ1v) is 14.3. The number of hydrogen-bond acceptors (Lipinski definition) is 10. The molecule has 5 aromatic rings. The number of anilines is 1. The molecule has 1 aliphatic heterocycles. The largest absolute Gasteiger partial charge is 0.444 e. The Hall–Kier alpha value is -5.17. The molecule has 1 aliphatic rings. The summed E-state index contributed by atoms with van der Waals surface area (Å²) in [5, 5.41) is 15.5. The Kier molecular flexibility index (Phi) is 7.78. The molecule has 13 nitrogen and oxygen atoms in total. The summed E-state index contributed by atoms with van der Waals surface area (Å²) in [4.78, 5) is 40.2. The Morgan fingerprint density at radius 3 is 2.48 bits per heavy atom. The maximum Gasteiger partial charge on any atom is 0.412 e. The minimum absolute atomic E-state index is 0.164. The van der Waals surface area contributed by atoms with Crippen molar-refractivity contribution in [2.24, 2.45) is 7.05 Å². The van der Waals surface area contributed by atoms with Gasteiger partial charge in [-0.3, -0.25) is 20.0 Å². The van der Waals surface area contributed by atoms with E-state index in [1.54, 1.807) is 69.2 Å². The smallest absolute Gasteiger partial charge is 0.412 e. The average Bonchev–Trinajstić information content (AvgIpc) is 3.63. The van der Waals surface area contributed by atoms with E-state index in [2.05, 4.69) is 47.7 Å². The second-order valence-corrected chi connectivity index (χ2v) is 11.5. The van der Waals surface area contributed by atoms with Crippen LogP contribution in [0.25, 0.3) is 22.6 Å². The van der Waals surface area contributed by atoms with Gasteiger partial charge in [0.1, 0.15) is 16.8 Å². The van der Waals surface area contributed by atoms with Crippen LogP contribution in [0.3, 0.4) is 0 Å². The zero-order valence-corrected chi connectivity index (χ0v) is 25.0. The number of amides is 2. The van der Waals surface area contributed by atoms with Gasteiger partial charge in [-0.25, -0.2) is 9.78 Å². The molecule has 2 amide bonds. The number of carbonyl (C=O) groups is 2. The molecule has 1 N–H and O–H groups in total. The molecule has 1 unspecified atom stereocenters. The molecule has 0 bridgehead atoms. The van der Waals surface area contributed by atoms with Crippen molar-refractivity contribution >= 4 is 28.8 Å². The number of nitrogens with one attached hydrogen (secondary N) is 1. The van der Waals surface area contributed by atoms with Crippen molar-refractivity contribution < 1.29 is 18.7 Å². The summed E-state index contributed by atoms with van der Waals surface area (Å²) < 4.78 is 11.3. The third-order valence-corrected chi connectivity index (χ3v) is 7.11. The normalized spacial score (nSPS) is 14.9. The molecule has 226 valence electrons. The van der Waals surface area contributed by atoms with Crippen LogP contribution in [-0.4, -0.2) is 83.8 Å². The molecule has 0 aliphatic carbocycles. The van der Waals surface area contributed by atoms with Crippen molar-refractivity contribution in [2.45, 2.75) is 32.4 Å². The topological polar surface area (TPSA) is 144 Å². The average molecular weight is 596 g/mol. The van der Waals surface area contributed by atoms with Crippen LogP contribution in [0.5, 0.6) is 0 Å². The van der Waals surface area contributed by atoms with Crippen molar-refractivity contribution in [3.05, 3.63) is 83.9 Å². The number of pyridine rings is 1. The number of hydrogen-bond donors (Lipinski definition) is 1. The summed E-state index contributed by atoms with van der Waals surface area (Å²) in [6.07, 6.45) is 1.02. The molecule has 4 heterocycles. The minimum Gasteiger partial charge on any atom is -0.444 e. The van der Waals surface area contributed by atoms with E-state index >= 15 is 0 Å². The lowest BCUT2D eigenvalue weighted by Gasteiger charge is -2.38. The van der Waals surface area contributed by atoms with Gasteiger partial charge < -0.3 is 14.1 Å².